The molecule has 1 amide bonds. The Balaban J connectivity index is 1.94. The highest BCUT2D eigenvalue weighted by molar-refractivity contribution is 6.33. The van der Waals surface area contributed by atoms with E-state index >= 15 is 0 Å². The fraction of sp³-hybridized carbons (Fsp3) is 0.269. The lowest BCUT2D eigenvalue weighted by atomic mass is 10.0. The van der Waals surface area contributed by atoms with Crippen LogP contribution in [0.25, 0.3) is 17.0 Å². The number of nitrogens with zero attached hydrogens (tertiary/aromatic N) is 4. The minimum absolute atomic E-state index is 0.00570. The number of nitriles is 1. The molecular weight excluding hydrogens is 487 g/mol. The van der Waals surface area contributed by atoms with Gasteiger partial charge in [-0.15, -0.1) is 0 Å². The normalized spacial score (nSPS) is 18.1. The van der Waals surface area contributed by atoms with E-state index in [0.717, 1.165) is 6.08 Å². The molecular formula is C26H24ClFN4O4. The van der Waals surface area contributed by atoms with E-state index in [0.29, 0.717) is 53.9 Å². The van der Waals surface area contributed by atoms with E-state index in [1.54, 1.807) is 11.0 Å². The molecule has 8 nitrogen and oxygen atoms in total. The zero-order valence-corrected chi connectivity index (χ0v) is 20.3. The number of carbonyl (C=O) groups excluding carboxylic acids is 1. The predicted molar refractivity (Wildman–Crippen MR) is 137 cm³/mol. The summed E-state index contributed by atoms with van der Waals surface area (Å²) in [6, 6.07) is 3.53. The van der Waals surface area contributed by atoms with E-state index in [4.69, 9.17) is 16.3 Å². The number of benzene rings is 1. The van der Waals surface area contributed by atoms with Gasteiger partial charge in [0, 0.05) is 36.6 Å². The van der Waals surface area contributed by atoms with Crippen LogP contribution in [0.1, 0.15) is 18.1 Å². The molecule has 1 saturated heterocycles. The van der Waals surface area contributed by atoms with Crippen molar-refractivity contribution >= 4 is 40.2 Å². The van der Waals surface area contributed by atoms with Crippen LogP contribution in [0.2, 0.25) is 5.02 Å². The molecule has 1 aromatic heterocycles. The molecule has 10 heteroatoms. The highest BCUT2D eigenvalue weighted by atomic mass is 35.5. The van der Waals surface area contributed by atoms with Gasteiger partial charge in [0.15, 0.2) is 5.75 Å². The van der Waals surface area contributed by atoms with Gasteiger partial charge in [-0.3, -0.25) is 9.59 Å². The minimum atomic E-state index is -0.448. The van der Waals surface area contributed by atoms with Crippen molar-refractivity contribution in [2.75, 3.05) is 31.1 Å². The summed E-state index contributed by atoms with van der Waals surface area (Å²) in [7, 11) is 0. The molecule has 1 aromatic carbocycles. The van der Waals surface area contributed by atoms with Crippen LogP contribution in [0.15, 0.2) is 53.8 Å². The van der Waals surface area contributed by atoms with E-state index in [1.165, 1.54) is 28.9 Å². The molecule has 0 radical (unpaired) electrons. The Labute approximate surface area is 212 Å². The number of piperazine rings is 1. The van der Waals surface area contributed by atoms with Gasteiger partial charge in [-0.25, -0.2) is 4.39 Å². The van der Waals surface area contributed by atoms with Gasteiger partial charge in [0.05, 0.1) is 29.1 Å². The average molecular weight is 511 g/mol. The third kappa shape index (κ3) is 4.36. The van der Waals surface area contributed by atoms with Gasteiger partial charge in [0.2, 0.25) is 5.91 Å². The van der Waals surface area contributed by atoms with Crippen LogP contribution in [0.3, 0.4) is 0 Å². The molecule has 2 aliphatic rings. The van der Waals surface area contributed by atoms with Gasteiger partial charge >= 0.3 is 0 Å². The van der Waals surface area contributed by atoms with E-state index < -0.39 is 5.56 Å². The highest BCUT2D eigenvalue weighted by Crippen LogP contribution is 2.43. The molecule has 1 N–H and O–H groups in total. The summed E-state index contributed by atoms with van der Waals surface area (Å²) in [5, 5.41) is 21.1. The third-order valence-electron chi connectivity index (χ3n) is 6.28. The first-order valence-corrected chi connectivity index (χ1v) is 11.7. The number of rotatable bonds is 5. The number of anilines is 1. The molecule has 1 fully saturated rings. The summed E-state index contributed by atoms with van der Waals surface area (Å²) >= 11 is 6.65. The number of ether oxygens (including phenoxy) is 1. The number of aromatic nitrogens is 1. The summed E-state index contributed by atoms with van der Waals surface area (Å²) < 4.78 is 19.6. The second kappa shape index (κ2) is 10.3. The monoisotopic (exact) mass is 510 g/mol. The lowest BCUT2D eigenvalue weighted by molar-refractivity contribution is -0.126. The summed E-state index contributed by atoms with van der Waals surface area (Å²) in [5.41, 5.74) is 0.805. The molecule has 36 heavy (non-hydrogen) atoms. The molecule has 2 aromatic rings. The number of amides is 1. The van der Waals surface area contributed by atoms with Gasteiger partial charge in [0.1, 0.15) is 24.0 Å². The molecule has 1 atom stereocenters. The maximum atomic E-state index is 13.4. The van der Waals surface area contributed by atoms with Crippen molar-refractivity contribution < 1.29 is 19.0 Å². The van der Waals surface area contributed by atoms with Crippen molar-refractivity contribution in [3.63, 3.8) is 0 Å². The van der Waals surface area contributed by atoms with Crippen LogP contribution in [0, 0.1) is 11.3 Å². The largest absolute Gasteiger partial charge is 0.508 e. The van der Waals surface area contributed by atoms with Gasteiger partial charge in [0.25, 0.3) is 5.56 Å². The standard InChI is InChI=1S/C26H24ClFN4O4/c1-3-22(34)30-8-9-31(16(2)15-30)23-19-13-21(27)18(12-17(33)6-4-5-7-28)25-24(19)32(10-11-36-25)26(35)20(23)14-29/h3-7,12-13,16,33H,1,8-11,15H2,2H3/b6-4-,7-5+,17-12-. The molecule has 0 saturated carbocycles. The van der Waals surface area contributed by atoms with E-state index in [-0.39, 0.29) is 41.4 Å². The zero-order chi connectivity index (χ0) is 26.0. The van der Waals surface area contributed by atoms with Crippen LogP contribution in [0.4, 0.5) is 10.1 Å². The van der Waals surface area contributed by atoms with Crippen LogP contribution >= 0.6 is 11.6 Å². The summed E-state index contributed by atoms with van der Waals surface area (Å²) in [6.45, 7) is 7.07. The van der Waals surface area contributed by atoms with Crippen molar-refractivity contribution in [2.45, 2.75) is 19.5 Å². The van der Waals surface area contributed by atoms with Crippen molar-refractivity contribution in [3.8, 4) is 11.8 Å². The van der Waals surface area contributed by atoms with Crippen LogP contribution < -0.4 is 15.2 Å². The van der Waals surface area contributed by atoms with Crippen LogP contribution in [-0.2, 0) is 11.3 Å². The van der Waals surface area contributed by atoms with Gasteiger partial charge in [-0.1, -0.05) is 24.3 Å². The first-order chi connectivity index (χ1) is 17.3. The Morgan fingerprint density at radius 3 is 2.81 bits per heavy atom. The maximum Gasteiger partial charge on any atom is 0.271 e. The van der Waals surface area contributed by atoms with Crippen molar-refractivity contribution in [2.24, 2.45) is 0 Å². The number of pyridine rings is 1. The average Bonchev–Trinajstić information content (AvgIpc) is 2.87. The van der Waals surface area contributed by atoms with Crippen molar-refractivity contribution in [1.29, 1.82) is 5.26 Å². The van der Waals surface area contributed by atoms with E-state index in [2.05, 4.69) is 12.6 Å². The fourth-order valence-electron chi connectivity index (χ4n) is 4.70. The number of hydrogen-bond donors (Lipinski definition) is 1. The second-order valence-electron chi connectivity index (χ2n) is 8.42. The molecule has 186 valence electrons. The highest BCUT2D eigenvalue weighted by Gasteiger charge is 2.33. The van der Waals surface area contributed by atoms with Crippen LogP contribution in [0.5, 0.6) is 5.75 Å². The van der Waals surface area contributed by atoms with Crippen molar-refractivity contribution in [3.05, 3.63) is 75.5 Å². The molecule has 1 unspecified atom stereocenters. The number of aliphatic hydroxyl groups is 1. The second-order valence-corrected chi connectivity index (χ2v) is 8.82. The number of aliphatic hydroxyl groups excluding tert-OH is 1. The molecule has 3 heterocycles. The molecule has 0 spiro atoms. The SMILES string of the molecule is C=CC(=O)N1CCN(c2c(C#N)c(=O)n3c4c(c(/C=C(O)/C=C\C=C\F)c(Cl)cc24)OCC3)C(C)C1. The Kier molecular flexibility index (Phi) is 7.17. The summed E-state index contributed by atoms with van der Waals surface area (Å²) in [5.74, 6) is -0.0671. The van der Waals surface area contributed by atoms with Gasteiger partial charge < -0.3 is 24.2 Å². The summed E-state index contributed by atoms with van der Waals surface area (Å²) in [6.07, 6.45) is 6.69. The number of hydrogen-bond acceptors (Lipinski definition) is 6. The molecule has 0 bridgehead atoms. The first kappa shape index (κ1) is 25.1. The van der Waals surface area contributed by atoms with Gasteiger partial charge in [-0.05, 0) is 37.3 Å². The number of halogens is 2. The number of carbonyl (C=O) groups is 1. The minimum Gasteiger partial charge on any atom is -0.508 e. The van der Waals surface area contributed by atoms with Crippen molar-refractivity contribution in [1.82, 2.24) is 9.47 Å². The Morgan fingerprint density at radius 1 is 1.36 bits per heavy atom. The first-order valence-electron chi connectivity index (χ1n) is 11.3. The predicted octanol–water partition coefficient (Wildman–Crippen LogP) is 4.08. The maximum absolute atomic E-state index is 13.4. The quantitative estimate of drug-likeness (QED) is 0.370. The Morgan fingerprint density at radius 2 is 2.14 bits per heavy atom. The zero-order valence-electron chi connectivity index (χ0n) is 19.6. The van der Waals surface area contributed by atoms with E-state index in [9.17, 15) is 24.3 Å². The summed E-state index contributed by atoms with van der Waals surface area (Å²) in [4.78, 5) is 29.2. The Bertz CT molecular complexity index is 1440. The molecule has 0 aliphatic carbocycles. The van der Waals surface area contributed by atoms with E-state index in [1.807, 2.05) is 11.8 Å². The fourth-order valence-corrected chi connectivity index (χ4v) is 4.94. The smallest absolute Gasteiger partial charge is 0.271 e. The lowest BCUT2D eigenvalue weighted by Gasteiger charge is -2.42. The van der Waals surface area contributed by atoms with Crippen LogP contribution in [-0.4, -0.2) is 52.8 Å². The molecule has 2 aliphatic heterocycles. The topological polar surface area (TPSA) is 98.8 Å². The molecule has 4 rings (SSSR count). The third-order valence-corrected chi connectivity index (χ3v) is 6.59. The lowest BCUT2D eigenvalue weighted by Crippen LogP contribution is -2.54. The number of allylic oxidation sites excluding steroid dienone is 3. The van der Waals surface area contributed by atoms with Gasteiger partial charge in [-0.2, -0.15) is 5.26 Å². The Hall–Kier alpha value is -4.03.